The molecule has 1 saturated heterocycles. The van der Waals surface area contributed by atoms with Gasteiger partial charge in [0.2, 0.25) is 5.91 Å². The Kier molecular flexibility index (Phi) is 4.58. The first-order valence-electron chi connectivity index (χ1n) is 6.12. The topological polar surface area (TPSA) is 32.3 Å². The highest BCUT2D eigenvalue weighted by molar-refractivity contribution is 5.80. The van der Waals surface area contributed by atoms with E-state index < -0.39 is 0 Å². The van der Waals surface area contributed by atoms with E-state index in [1.165, 1.54) is 0 Å². The lowest BCUT2D eigenvalue weighted by Gasteiger charge is -2.30. The van der Waals surface area contributed by atoms with Gasteiger partial charge in [-0.25, -0.2) is 0 Å². The van der Waals surface area contributed by atoms with Gasteiger partial charge in [-0.15, -0.1) is 0 Å². The fraction of sp³-hybridized carbons (Fsp3) is 0.917. The number of carbonyl (C=O) groups excluding carboxylic acids is 1. The Balaban J connectivity index is 2.63. The lowest BCUT2D eigenvalue weighted by atomic mass is 9.96. The van der Waals surface area contributed by atoms with E-state index in [1.807, 2.05) is 4.90 Å². The molecule has 1 amide bonds. The molecule has 15 heavy (non-hydrogen) atoms. The van der Waals surface area contributed by atoms with Gasteiger partial charge in [0.05, 0.1) is 5.92 Å². The minimum atomic E-state index is 0.193. The highest BCUT2D eigenvalue weighted by Gasteiger charge is 2.33. The molecule has 0 aromatic rings. The van der Waals surface area contributed by atoms with Crippen LogP contribution in [0.3, 0.4) is 0 Å². The zero-order valence-corrected chi connectivity index (χ0v) is 10.4. The van der Waals surface area contributed by atoms with E-state index in [4.69, 9.17) is 0 Å². The van der Waals surface area contributed by atoms with Gasteiger partial charge < -0.3 is 10.2 Å². The standard InChI is InChI=1S/C12H24N2O/c1-5-10(4)14(6-2)12(15)11-8-13-7-9(11)3/h9-11,13H,5-8H2,1-4H3. The van der Waals surface area contributed by atoms with Crippen LogP contribution in [0.2, 0.25) is 0 Å². The third kappa shape index (κ3) is 2.71. The molecule has 0 aromatic carbocycles. The van der Waals surface area contributed by atoms with Crippen LogP contribution >= 0.6 is 0 Å². The largest absolute Gasteiger partial charge is 0.340 e. The lowest BCUT2D eigenvalue weighted by molar-refractivity contribution is -0.137. The van der Waals surface area contributed by atoms with Crippen molar-refractivity contribution in [3.63, 3.8) is 0 Å². The first-order valence-corrected chi connectivity index (χ1v) is 6.12. The van der Waals surface area contributed by atoms with E-state index in [9.17, 15) is 4.79 Å². The molecule has 0 bridgehead atoms. The van der Waals surface area contributed by atoms with Gasteiger partial charge in [-0.2, -0.15) is 0 Å². The minimum Gasteiger partial charge on any atom is -0.340 e. The quantitative estimate of drug-likeness (QED) is 0.765. The smallest absolute Gasteiger partial charge is 0.227 e. The van der Waals surface area contributed by atoms with Crippen LogP contribution in [-0.4, -0.2) is 36.5 Å². The first kappa shape index (κ1) is 12.5. The summed E-state index contributed by atoms with van der Waals surface area (Å²) in [6.45, 7) is 11.2. The van der Waals surface area contributed by atoms with E-state index in [1.54, 1.807) is 0 Å². The molecule has 0 radical (unpaired) electrons. The predicted octanol–water partition coefficient (Wildman–Crippen LogP) is 1.49. The monoisotopic (exact) mass is 212 g/mol. The van der Waals surface area contributed by atoms with Gasteiger partial charge in [-0.05, 0) is 32.7 Å². The molecular formula is C12H24N2O. The molecule has 0 spiro atoms. The molecule has 3 unspecified atom stereocenters. The Morgan fingerprint density at radius 1 is 1.47 bits per heavy atom. The van der Waals surface area contributed by atoms with E-state index in [0.717, 1.165) is 26.1 Å². The van der Waals surface area contributed by atoms with Gasteiger partial charge >= 0.3 is 0 Å². The van der Waals surface area contributed by atoms with E-state index in [2.05, 4.69) is 33.0 Å². The van der Waals surface area contributed by atoms with E-state index in [-0.39, 0.29) is 5.92 Å². The van der Waals surface area contributed by atoms with Gasteiger partial charge in [-0.3, -0.25) is 4.79 Å². The lowest BCUT2D eigenvalue weighted by Crippen LogP contribution is -2.43. The van der Waals surface area contributed by atoms with Crippen molar-refractivity contribution in [3.05, 3.63) is 0 Å². The molecular weight excluding hydrogens is 188 g/mol. The number of rotatable bonds is 4. The Hall–Kier alpha value is -0.570. The normalized spacial score (nSPS) is 27.7. The number of carbonyl (C=O) groups is 1. The molecule has 1 heterocycles. The average Bonchev–Trinajstić information content (AvgIpc) is 2.65. The molecule has 1 N–H and O–H groups in total. The number of nitrogens with zero attached hydrogens (tertiary/aromatic N) is 1. The maximum Gasteiger partial charge on any atom is 0.227 e. The molecule has 1 fully saturated rings. The average molecular weight is 212 g/mol. The van der Waals surface area contributed by atoms with Gasteiger partial charge in [0.15, 0.2) is 0 Å². The minimum absolute atomic E-state index is 0.193. The van der Waals surface area contributed by atoms with Gasteiger partial charge in [-0.1, -0.05) is 13.8 Å². The van der Waals surface area contributed by atoms with Crippen molar-refractivity contribution in [2.45, 2.75) is 40.2 Å². The summed E-state index contributed by atoms with van der Waals surface area (Å²) in [5.74, 6) is 1.01. The summed E-state index contributed by atoms with van der Waals surface area (Å²) in [5, 5.41) is 3.29. The fourth-order valence-corrected chi connectivity index (χ4v) is 2.26. The molecule has 0 saturated carbocycles. The summed E-state index contributed by atoms with van der Waals surface area (Å²) in [4.78, 5) is 14.3. The van der Waals surface area contributed by atoms with E-state index >= 15 is 0 Å². The summed E-state index contributed by atoms with van der Waals surface area (Å²) >= 11 is 0. The Morgan fingerprint density at radius 2 is 2.13 bits per heavy atom. The predicted molar refractivity (Wildman–Crippen MR) is 62.7 cm³/mol. The number of nitrogens with one attached hydrogen (secondary N) is 1. The highest BCUT2D eigenvalue weighted by Crippen LogP contribution is 2.20. The summed E-state index contributed by atoms with van der Waals surface area (Å²) in [7, 11) is 0. The molecule has 3 atom stereocenters. The maximum absolute atomic E-state index is 12.3. The van der Waals surface area contributed by atoms with Crippen molar-refractivity contribution >= 4 is 5.91 Å². The van der Waals surface area contributed by atoms with Crippen molar-refractivity contribution in [3.8, 4) is 0 Å². The van der Waals surface area contributed by atoms with Crippen LogP contribution in [0.25, 0.3) is 0 Å². The number of amides is 1. The summed E-state index contributed by atoms with van der Waals surface area (Å²) in [6.07, 6.45) is 1.04. The second-order valence-electron chi connectivity index (χ2n) is 4.62. The number of hydrogen-bond donors (Lipinski definition) is 1. The van der Waals surface area contributed by atoms with Crippen LogP contribution in [0, 0.1) is 11.8 Å². The van der Waals surface area contributed by atoms with Crippen molar-refractivity contribution in [2.75, 3.05) is 19.6 Å². The first-order chi connectivity index (χ1) is 7.11. The van der Waals surface area contributed by atoms with Crippen LogP contribution in [0.1, 0.15) is 34.1 Å². The van der Waals surface area contributed by atoms with Crippen LogP contribution in [0.5, 0.6) is 0 Å². The van der Waals surface area contributed by atoms with Crippen LogP contribution in [-0.2, 0) is 4.79 Å². The highest BCUT2D eigenvalue weighted by atomic mass is 16.2. The van der Waals surface area contributed by atoms with Crippen LogP contribution in [0.4, 0.5) is 0 Å². The second-order valence-corrected chi connectivity index (χ2v) is 4.62. The number of hydrogen-bond acceptors (Lipinski definition) is 2. The van der Waals surface area contributed by atoms with Crippen molar-refractivity contribution in [1.82, 2.24) is 10.2 Å². The Labute approximate surface area is 93.2 Å². The maximum atomic E-state index is 12.3. The Morgan fingerprint density at radius 3 is 2.53 bits per heavy atom. The molecule has 3 nitrogen and oxygen atoms in total. The zero-order valence-electron chi connectivity index (χ0n) is 10.4. The van der Waals surface area contributed by atoms with Crippen LogP contribution in [0.15, 0.2) is 0 Å². The summed E-state index contributed by atoms with van der Waals surface area (Å²) in [6, 6.07) is 0.371. The fourth-order valence-electron chi connectivity index (χ4n) is 2.26. The van der Waals surface area contributed by atoms with Crippen molar-refractivity contribution < 1.29 is 4.79 Å². The third-order valence-electron chi connectivity index (χ3n) is 3.58. The molecule has 1 rings (SSSR count). The molecule has 88 valence electrons. The van der Waals surface area contributed by atoms with Gasteiger partial charge in [0.25, 0.3) is 0 Å². The van der Waals surface area contributed by atoms with Crippen molar-refractivity contribution in [2.24, 2.45) is 11.8 Å². The van der Waals surface area contributed by atoms with Crippen molar-refractivity contribution in [1.29, 1.82) is 0 Å². The van der Waals surface area contributed by atoms with Gasteiger partial charge in [0, 0.05) is 19.1 Å². The summed E-state index contributed by atoms with van der Waals surface area (Å²) < 4.78 is 0. The SMILES string of the molecule is CCC(C)N(CC)C(=O)C1CNCC1C. The van der Waals surface area contributed by atoms with E-state index in [0.29, 0.717) is 17.9 Å². The zero-order chi connectivity index (χ0) is 11.4. The van der Waals surface area contributed by atoms with Gasteiger partial charge in [0.1, 0.15) is 0 Å². The molecule has 0 aliphatic carbocycles. The molecule has 3 heteroatoms. The Bertz CT molecular complexity index is 218. The summed E-state index contributed by atoms with van der Waals surface area (Å²) in [5.41, 5.74) is 0. The molecule has 0 aromatic heterocycles. The van der Waals surface area contributed by atoms with Crippen LogP contribution < -0.4 is 5.32 Å². The molecule has 1 aliphatic rings. The second kappa shape index (κ2) is 5.50. The third-order valence-corrected chi connectivity index (χ3v) is 3.58. The molecule has 1 aliphatic heterocycles.